The Bertz CT molecular complexity index is 1510. The van der Waals surface area contributed by atoms with Crippen LogP contribution in [0, 0.1) is 0 Å². The van der Waals surface area contributed by atoms with Crippen LogP contribution >= 0.6 is 0 Å². The molecule has 0 spiro atoms. The van der Waals surface area contributed by atoms with E-state index in [0.29, 0.717) is 17.1 Å². The number of para-hydroxylation sites is 2. The molecule has 3 aromatic rings. The Labute approximate surface area is 193 Å². The Morgan fingerprint density at radius 2 is 1.91 bits per heavy atom. The lowest BCUT2D eigenvalue weighted by Crippen LogP contribution is -2.45. The third-order valence-corrected chi connectivity index (χ3v) is 5.31. The Balaban J connectivity index is 1.74. The van der Waals surface area contributed by atoms with Crippen LogP contribution in [-0.4, -0.2) is 43.0 Å². The lowest BCUT2D eigenvalue weighted by molar-refractivity contribution is -0.137. The second-order valence-corrected chi connectivity index (χ2v) is 7.63. The second-order valence-electron chi connectivity index (χ2n) is 7.63. The molecule has 0 fully saturated rings. The summed E-state index contributed by atoms with van der Waals surface area (Å²) in [6, 6.07) is 7.06. The van der Waals surface area contributed by atoms with E-state index in [0.717, 1.165) is 4.57 Å². The molecule has 4 rings (SSSR count). The average Bonchev–Trinajstić information content (AvgIpc) is 3.11. The molecular weight excluding hydrogens is 442 g/mol. The minimum Gasteiger partial charge on any atom is -0.462 e. The maximum atomic E-state index is 13.0. The summed E-state index contributed by atoms with van der Waals surface area (Å²) < 4.78 is 8.64. The number of rotatable bonds is 4. The number of aromatic nitrogens is 4. The molecule has 0 saturated heterocycles. The highest BCUT2D eigenvalue weighted by molar-refractivity contribution is 6.24. The zero-order valence-electron chi connectivity index (χ0n) is 19.1. The van der Waals surface area contributed by atoms with Crippen molar-refractivity contribution in [3.63, 3.8) is 0 Å². The standard InChI is InChI=1S/C22H23N7O5/c1-5-34-21(32)16-12(2)24-13-8-6-7-9-14(13)25-18(16)26-15(30)10-29-20(31)17-19(23-11-27(17)3)28(4)22(29)33/h6-9,11,24H,5,10H2,1-4H3,(H,25,26,30). The van der Waals surface area contributed by atoms with Crippen molar-refractivity contribution < 1.29 is 14.3 Å². The van der Waals surface area contributed by atoms with Gasteiger partial charge in [-0.15, -0.1) is 0 Å². The molecule has 1 aromatic carbocycles. The third-order valence-electron chi connectivity index (χ3n) is 5.31. The molecule has 0 atom stereocenters. The maximum absolute atomic E-state index is 13.0. The van der Waals surface area contributed by atoms with Crippen molar-refractivity contribution in [2.75, 3.05) is 11.9 Å². The zero-order chi connectivity index (χ0) is 24.6. The molecule has 0 saturated carbocycles. The van der Waals surface area contributed by atoms with Crippen LogP contribution in [0.4, 0.5) is 11.4 Å². The molecular formula is C22H23N7O5. The first-order valence-corrected chi connectivity index (χ1v) is 10.5. The van der Waals surface area contributed by atoms with Gasteiger partial charge in [-0.2, -0.15) is 0 Å². The Morgan fingerprint density at radius 1 is 1.18 bits per heavy atom. The van der Waals surface area contributed by atoms with E-state index in [2.05, 4.69) is 20.6 Å². The van der Waals surface area contributed by atoms with Crippen molar-refractivity contribution in [2.45, 2.75) is 20.4 Å². The van der Waals surface area contributed by atoms with Gasteiger partial charge in [0.15, 0.2) is 11.2 Å². The molecule has 3 heterocycles. The zero-order valence-corrected chi connectivity index (χ0v) is 19.1. The van der Waals surface area contributed by atoms with Crippen LogP contribution < -0.4 is 21.9 Å². The summed E-state index contributed by atoms with van der Waals surface area (Å²) in [7, 11) is 3.09. The Kier molecular flexibility index (Phi) is 5.88. The minimum atomic E-state index is -0.714. The molecule has 0 aliphatic carbocycles. The number of fused-ring (bicyclic) bond motifs is 2. The van der Waals surface area contributed by atoms with E-state index in [1.807, 2.05) is 0 Å². The number of anilines is 1. The fourth-order valence-corrected chi connectivity index (χ4v) is 3.69. The first kappa shape index (κ1) is 22.7. The number of nitrogens with one attached hydrogen (secondary N) is 2. The van der Waals surface area contributed by atoms with E-state index >= 15 is 0 Å². The number of benzene rings is 1. The number of hydrogen-bond acceptors (Lipinski definition) is 8. The van der Waals surface area contributed by atoms with Gasteiger partial charge in [-0.1, -0.05) is 12.1 Å². The summed E-state index contributed by atoms with van der Waals surface area (Å²) in [6.45, 7) is 2.86. The number of esters is 1. The monoisotopic (exact) mass is 465 g/mol. The summed E-state index contributed by atoms with van der Waals surface area (Å²) in [6.07, 6.45) is 1.42. The highest BCUT2D eigenvalue weighted by Gasteiger charge is 2.26. The number of carbonyl (C=O) groups excluding carboxylic acids is 2. The first-order chi connectivity index (χ1) is 16.2. The van der Waals surface area contributed by atoms with Gasteiger partial charge in [-0.05, 0) is 26.0 Å². The number of amides is 1. The highest BCUT2D eigenvalue weighted by Crippen LogP contribution is 2.30. The van der Waals surface area contributed by atoms with E-state index < -0.39 is 29.7 Å². The number of aryl methyl sites for hydroxylation is 2. The van der Waals surface area contributed by atoms with Gasteiger partial charge in [0.25, 0.3) is 5.56 Å². The number of imidazole rings is 1. The number of allylic oxidation sites excluding steroid dienone is 1. The summed E-state index contributed by atoms with van der Waals surface area (Å²) in [5, 5.41) is 5.69. The largest absolute Gasteiger partial charge is 0.462 e. The van der Waals surface area contributed by atoms with Crippen molar-refractivity contribution in [1.29, 1.82) is 0 Å². The number of amidine groups is 1. The lowest BCUT2D eigenvalue weighted by Gasteiger charge is -2.14. The summed E-state index contributed by atoms with van der Waals surface area (Å²) in [5.74, 6) is -1.44. The fourth-order valence-electron chi connectivity index (χ4n) is 3.69. The fraction of sp³-hybridized carbons (Fsp3) is 0.273. The molecule has 1 aliphatic rings. The van der Waals surface area contributed by atoms with E-state index in [9.17, 15) is 19.2 Å². The normalized spacial score (nSPS) is 13.1. The maximum Gasteiger partial charge on any atom is 0.343 e. The van der Waals surface area contributed by atoms with Gasteiger partial charge in [-0.3, -0.25) is 14.2 Å². The van der Waals surface area contributed by atoms with Gasteiger partial charge in [0, 0.05) is 19.8 Å². The Morgan fingerprint density at radius 3 is 2.65 bits per heavy atom. The topological polar surface area (TPSA) is 142 Å². The number of hydrogen-bond donors (Lipinski definition) is 2. The van der Waals surface area contributed by atoms with Crippen LogP contribution in [0.1, 0.15) is 13.8 Å². The molecule has 34 heavy (non-hydrogen) atoms. The Hall–Kier alpha value is -4.48. The quantitative estimate of drug-likeness (QED) is 0.536. The van der Waals surface area contributed by atoms with Gasteiger partial charge in [0.2, 0.25) is 5.91 Å². The van der Waals surface area contributed by atoms with Crippen LogP contribution in [0.15, 0.2) is 56.4 Å². The van der Waals surface area contributed by atoms with Gasteiger partial charge >= 0.3 is 11.7 Å². The van der Waals surface area contributed by atoms with Crippen molar-refractivity contribution >= 4 is 40.3 Å². The lowest BCUT2D eigenvalue weighted by atomic mass is 10.2. The van der Waals surface area contributed by atoms with E-state index in [1.54, 1.807) is 45.2 Å². The molecule has 0 radical (unpaired) electrons. The minimum absolute atomic E-state index is 0.0359. The van der Waals surface area contributed by atoms with Crippen molar-refractivity contribution in [1.82, 2.24) is 24.0 Å². The third kappa shape index (κ3) is 3.89. The van der Waals surface area contributed by atoms with Gasteiger partial charge in [0.1, 0.15) is 18.0 Å². The van der Waals surface area contributed by atoms with E-state index in [-0.39, 0.29) is 29.2 Å². The SMILES string of the molecule is CCOC(=O)C1=C(C)Nc2ccccc2N=C1NC(=O)Cn1c(=O)c2c(ncn2C)n(C)c1=O. The van der Waals surface area contributed by atoms with Gasteiger partial charge < -0.3 is 19.9 Å². The van der Waals surface area contributed by atoms with Crippen molar-refractivity contribution in [3.05, 3.63) is 62.7 Å². The van der Waals surface area contributed by atoms with Gasteiger partial charge in [-0.25, -0.2) is 24.1 Å². The number of carbonyl (C=O) groups is 2. The number of ether oxygens (including phenoxy) is 1. The van der Waals surface area contributed by atoms with Crippen LogP contribution in [0.25, 0.3) is 11.2 Å². The predicted molar refractivity (Wildman–Crippen MR) is 125 cm³/mol. The molecule has 12 nitrogen and oxygen atoms in total. The van der Waals surface area contributed by atoms with Crippen LogP contribution in [-0.2, 0) is 35.0 Å². The molecule has 176 valence electrons. The average molecular weight is 465 g/mol. The highest BCUT2D eigenvalue weighted by atomic mass is 16.5. The van der Waals surface area contributed by atoms with Crippen LogP contribution in [0.2, 0.25) is 0 Å². The molecule has 2 N–H and O–H groups in total. The molecule has 0 unspecified atom stereocenters. The van der Waals surface area contributed by atoms with Crippen LogP contribution in [0.3, 0.4) is 0 Å². The van der Waals surface area contributed by atoms with E-state index in [4.69, 9.17) is 4.74 Å². The number of aliphatic imine (C=N–C) groups is 1. The smallest absolute Gasteiger partial charge is 0.343 e. The van der Waals surface area contributed by atoms with Crippen LogP contribution in [0.5, 0.6) is 0 Å². The van der Waals surface area contributed by atoms with Crippen molar-refractivity contribution in [3.8, 4) is 0 Å². The number of nitrogens with zero attached hydrogens (tertiary/aromatic N) is 5. The summed E-state index contributed by atoms with van der Waals surface area (Å²) >= 11 is 0. The molecule has 1 amide bonds. The molecule has 1 aliphatic heterocycles. The van der Waals surface area contributed by atoms with E-state index in [1.165, 1.54) is 22.5 Å². The molecule has 12 heteroatoms. The van der Waals surface area contributed by atoms with Gasteiger partial charge in [0.05, 0.1) is 24.3 Å². The first-order valence-electron chi connectivity index (χ1n) is 10.5. The predicted octanol–water partition coefficient (Wildman–Crippen LogP) is 0.543. The summed E-state index contributed by atoms with van der Waals surface area (Å²) in [5.41, 5.74) is 0.633. The second kappa shape index (κ2) is 8.81. The summed E-state index contributed by atoms with van der Waals surface area (Å²) in [4.78, 5) is 59.9. The molecule has 0 bridgehead atoms. The van der Waals surface area contributed by atoms with Crippen molar-refractivity contribution in [2.24, 2.45) is 19.1 Å². The molecule has 2 aromatic heterocycles.